The van der Waals surface area contributed by atoms with Crippen molar-refractivity contribution in [2.45, 2.75) is 26.2 Å². The Labute approximate surface area is 113 Å². The Balaban J connectivity index is 2.23. The van der Waals surface area contributed by atoms with Crippen LogP contribution in [0, 0.1) is 6.92 Å². The molecule has 18 heavy (non-hydrogen) atoms. The van der Waals surface area contributed by atoms with Crippen LogP contribution in [0.1, 0.15) is 25.3 Å². The van der Waals surface area contributed by atoms with Crippen molar-refractivity contribution in [1.29, 1.82) is 0 Å². The first-order chi connectivity index (χ1) is 8.53. The monoisotopic (exact) mass is 266 g/mol. The molecule has 0 atom stereocenters. The van der Waals surface area contributed by atoms with Gasteiger partial charge in [-0.05, 0) is 17.7 Å². The van der Waals surface area contributed by atoms with Gasteiger partial charge in [0, 0.05) is 31.3 Å². The van der Waals surface area contributed by atoms with E-state index < -0.39 is 0 Å². The molecule has 0 amide bonds. The van der Waals surface area contributed by atoms with Crippen LogP contribution in [0.3, 0.4) is 0 Å². The van der Waals surface area contributed by atoms with Gasteiger partial charge in [-0.1, -0.05) is 19.9 Å². The van der Waals surface area contributed by atoms with Crippen LogP contribution in [-0.4, -0.2) is 24.0 Å². The first-order valence-electron chi connectivity index (χ1n) is 6.17. The molecule has 0 aliphatic heterocycles. The van der Waals surface area contributed by atoms with E-state index in [4.69, 9.17) is 16.0 Å². The standard InChI is InChI=1S/C14H19ClN2O/c1-10-17-12-5-4-11(8-13(12)18-10)14(2,3)9-16-7-6-15/h4-5,8,16H,6-7,9H2,1-3H3. The number of hydrogen-bond donors (Lipinski definition) is 1. The van der Waals surface area contributed by atoms with Crippen molar-refractivity contribution in [2.24, 2.45) is 0 Å². The van der Waals surface area contributed by atoms with Crippen LogP contribution >= 0.6 is 11.6 Å². The smallest absolute Gasteiger partial charge is 0.192 e. The first kappa shape index (κ1) is 13.4. The SMILES string of the molecule is Cc1nc2ccc(C(C)(C)CNCCCl)cc2o1. The van der Waals surface area contributed by atoms with Crippen molar-refractivity contribution < 1.29 is 4.42 Å². The van der Waals surface area contributed by atoms with Crippen molar-refractivity contribution in [3.8, 4) is 0 Å². The van der Waals surface area contributed by atoms with Crippen LogP contribution in [-0.2, 0) is 5.41 Å². The average molecular weight is 267 g/mol. The van der Waals surface area contributed by atoms with Crippen LogP contribution < -0.4 is 5.32 Å². The lowest BCUT2D eigenvalue weighted by molar-refractivity contribution is 0.477. The number of alkyl halides is 1. The Morgan fingerprint density at radius 3 is 2.89 bits per heavy atom. The van der Waals surface area contributed by atoms with Gasteiger partial charge in [-0.3, -0.25) is 0 Å². The van der Waals surface area contributed by atoms with E-state index in [-0.39, 0.29) is 5.41 Å². The first-order valence-corrected chi connectivity index (χ1v) is 6.71. The minimum atomic E-state index is 0.0426. The predicted octanol–water partition coefficient (Wildman–Crippen LogP) is 3.24. The van der Waals surface area contributed by atoms with Gasteiger partial charge in [0.15, 0.2) is 11.5 Å². The van der Waals surface area contributed by atoms with Gasteiger partial charge in [0.25, 0.3) is 0 Å². The molecule has 0 spiro atoms. The van der Waals surface area contributed by atoms with Crippen LogP contribution in [0.2, 0.25) is 0 Å². The van der Waals surface area contributed by atoms with Gasteiger partial charge in [0.1, 0.15) is 5.52 Å². The lowest BCUT2D eigenvalue weighted by atomic mass is 9.84. The fourth-order valence-electron chi connectivity index (χ4n) is 2.03. The van der Waals surface area contributed by atoms with Gasteiger partial charge >= 0.3 is 0 Å². The number of hydrogen-bond acceptors (Lipinski definition) is 3. The van der Waals surface area contributed by atoms with Gasteiger partial charge in [0.05, 0.1) is 0 Å². The molecular formula is C14H19ClN2O. The lowest BCUT2D eigenvalue weighted by Crippen LogP contribution is -2.33. The zero-order valence-electron chi connectivity index (χ0n) is 11.1. The summed E-state index contributed by atoms with van der Waals surface area (Å²) in [4.78, 5) is 4.31. The fraction of sp³-hybridized carbons (Fsp3) is 0.500. The zero-order valence-corrected chi connectivity index (χ0v) is 11.8. The summed E-state index contributed by atoms with van der Waals surface area (Å²) in [5, 5.41) is 3.35. The fourth-order valence-corrected chi connectivity index (χ4v) is 2.16. The number of aromatic nitrogens is 1. The number of nitrogens with zero attached hydrogens (tertiary/aromatic N) is 1. The maximum absolute atomic E-state index is 5.67. The maximum Gasteiger partial charge on any atom is 0.192 e. The van der Waals surface area contributed by atoms with Gasteiger partial charge in [-0.25, -0.2) is 4.98 Å². The second-order valence-corrected chi connectivity index (χ2v) is 5.54. The zero-order chi connectivity index (χ0) is 13.2. The summed E-state index contributed by atoms with van der Waals surface area (Å²) in [6.45, 7) is 8.00. The van der Waals surface area contributed by atoms with E-state index >= 15 is 0 Å². The van der Waals surface area contributed by atoms with Crippen molar-refractivity contribution in [3.05, 3.63) is 29.7 Å². The van der Waals surface area contributed by atoms with E-state index in [1.807, 2.05) is 13.0 Å². The number of halogens is 1. The summed E-state index contributed by atoms with van der Waals surface area (Å²) in [5.74, 6) is 1.34. The molecule has 3 nitrogen and oxygen atoms in total. The third-order valence-electron chi connectivity index (χ3n) is 3.12. The number of fused-ring (bicyclic) bond motifs is 1. The molecule has 0 saturated carbocycles. The predicted molar refractivity (Wildman–Crippen MR) is 75.4 cm³/mol. The van der Waals surface area contributed by atoms with Crippen molar-refractivity contribution >= 4 is 22.7 Å². The van der Waals surface area contributed by atoms with E-state index in [2.05, 4.69) is 36.3 Å². The van der Waals surface area contributed by atoms with Crippen molar-refractivity contribution in [1.82, 2.24) is 10.3 Å². The van der Waals surface area contributed by atoms with Gasteiger partial charge in [0.2, 0.25) is 0 Å². The van der Waals surface area contributed by atoms with E-state index in [0.29, 0.717) is 11.8 Å². The highest BCUT2D eigenvalue weighted by Gasteiger charge is 2.21. The molecule has 98 valence electrons. The largest absolute Gasteiger partial charge is 0.441 e. The topological polar surface area (TPSA) is 38.1 Å². The third kappa shape index (κ3) is 2.85. The van der Waals surface area contributed by atoms with Gasteiger partial charge in [-0.2, -0.15) is 0 Å². The lowest BCUT2D eigenvalue weighted by Gasteiger charge is -2.25. The highest BCUT2D eigenvalue weighted by molar-refractivity contribution is 6.18. The van der Waals surface area contributed by atoms with Crippen molar-refractivity contribution in [3.63, 3.8) is 0 Å². The average Bonchev–Trinajstić information content (AvgIpc) is 2.68. The van der Waals surface area contributed by atoms with E-state index in [1.165, 1.54) is 5.56 Å². The Morgan fingerprint density at radius 1 is 1.39 bits per heavy atom. The van der Waals surface area contributed by atoms with E-state index in [0.717, 1.165) is 24.2 Å². The number of nitrogens with one attached hydrogen (secondary N) is 1. The van der Waals surface area contributed by atoms with Crippen LogP contribution in [0.4, 0.5) is 0 Å². The van der Waals surface area contributed by atoms with Crippen LogP contribution in [0.5, 0.6) is 0 Å². The van der Waals surface area contributed by atoms with Gasteiger partial charge in [-0.15, -0.1) is 11.6 Å². The van der Waals surface area contributed by atoms with Crippen LogP contribution in [0.25, 0.3) is 11.1 Å². The molecule has 0 aliphatic rings. The molecule has 0 saturated heterocycles. The van der Waals surface area contributed by atoms with Crippen molar-refractivity contribution in [2.75, 3.05) is 19.0 Å². The third-order valence-corrected chi connectivity index (χ3v) is 3.30. The molecule has 0 aliphatic carbocycles. The maximum atomic E-state index is 5.67. The molecular weight excluding hydrogens is 248 g/mol. The molecule has 1 heterocycles. The summed E-state index contributed by atoms with van der Waals surface area (Å²) < 4.78 is 5.58. The molecule has 1 N–H and O–H groups in total. The molecule has 2 rings (SSSR count). The van der Waals surface area contributed by atoms with E-state index in [9.17, 15) is 0 Å². The summed E-state index contributed by atoms with van der Waals surface area (Å²) >= 11 is 5.67. The van der Waals surface area contributed by atoms with Crippen LogP contribution in [0.15, 0.2) is 22.6 Å². The van der Waals surface area contributed by atoms with E-state index in [1.54, 1.807) is 0 Å². The Kier molecular flexibility index (Phi) is 3.93. The minimum Gasteiger partial charge on any atom is -0.441 e. The summed E-state index contributed by atoms with van der Waals surface area (Å²) in [5.41, 5.74) is 3.06. The minimum absolute atomic E-state index is 0.0426. The number of aryl methyl sites for hydroxylation is 1. The number of oxazole rings is 1. The second-order valence-electron chi connectivity index (χ2n) is 5.17. The molecule has 1 aromatic carbocycles. The molecule has 4 heteroatoms. The Bertz CT molecular complexity index is 534. The summed E-state index contributed by atoms with van der Waals surface area (Å²) in [6, 6.07) is 6.22. The molecule has 2 aromatic rings. The highest BCUT2D eigenvalue weighted by atomic mass is 35.5. The molecule has 0 bridgehead atoms. The molecule has 0 unspecified atom stereocenters. The quantitative estimate of drug-likeness (QED) is 0.667. The number of rotatable bonds is 5. The molecule has 0 fully saturated rings. The van der Waals surface area contributed by atoms with Gasteiger partial charge < -0.3 is 9.73 Å². The molecule has 0 radical (unpaired) electrons. The highest BCUT2D eigenvalue weighted by Crippen LogP contribution is 2.26. The summed E-state index contributed by atoms with van der Waals surface area (Å²) in [7, 11) is 0. The second kappa shape index (κ2) is 5.29. The Hall–Kier alpha value is -1.06. The molecule has 1 aromatic heterocycles. The normalized spacial score (nSPS) is 12.2. The summed E-state index contributed by atoms with van der Waals surface area (Å²) in [6.07, 6.45) is 0. The number of benzene rings is 1. The Morgan fingerprint density at radius 2 is 2.17 bits per heavy atom.